The number of benzene rings is 5. The summed E-state index contributed by atoms with van der Waals surface area (Å²) in [5, 5.41) is 80.9. The van der Waals surface area contributed by atoms with E-state index < -0.39 is 24.6 Å². The van der Waals surface area contributed by atoms with Crippen LogP contribution in [0.5, 0.6) is 51.7 Å². The summed E-state index contributed by atoms with van der Waals surface area (Å²) in [5.41, 5.74) is 17.3. The smallest absolute Gasteiger partial charge is 0.296 e. The lowest BCUT2D eigenvalue weighted by Gasteiger charge is -2.08. The van der Waals surface area contributed by atoms with Gasteiger partial charge in [0.25, 0.3) is 58.0 Å². The molecule has 5 heterocycles. The first-order valence-electron chi connectivity index (χ1n) is 30.5. The molecule has 560 valence electrons. The van der Waals surface area contributed by atoms with Gasteiger partial charge in [0.1, 0.15) is 109 Å². The molecule has 0 aliphatic rings. The van der Waals surface area contributed by atoms with Gasteiger partial charge in [-0.3, -0.25) is 99.5 Å². The summed E-state index contributed by atoms with van der Waals surface area (Å²) in [5.74, 6) is 0.662. The normalized spacial score (nSPS) is 9.81. The molecule has 0 aliphatic heterocycles. The number of phenolic OH excluding ortho intramolecular Hbond substituents is 1. The summed E-state index contributed by atoms with van der Waals surface area (Å²) in [6.07, 6.45) is 7.16. The second kappa shape index (κ2) is 40.8. The van der Waals surface area contributed by atoms with Crippen LogP contribution in [-0.2, 0) is 0 Å². The van der Waals surface area contributed by atoms with Crippen molar-refractivity contribution < 1.29 is 72.6 Å². The summed E-state index contributed by atoms with van der Waals surface area (Å²) < 4.78 is 22.1. The topological polar surface area (TPSA) is 585 Å². The number of rotatable bonds is 20. The van der Waals surface area contributed by atoms with Gasteiger partial charge in [0.05, 0.1) is 54.9 Å². The van der Waals surface area contributed by atoms with Crippen molar-refractivity contribution in [3.63, 3.8) is 0 Å². The zero-order valence-electron chi connectivity index (χ0n) is 57.6. The van der Waals surface area contributed by atoms with Gasteiger partial charge < -0.3 is 78.5 Å². The Morgan fingerprint density at radius 1 is 0.333 bits per heavy atom. The maximum Gasteiger partial charge on any atom is 0.296 e. The average Bonchev–Trinajstić information content (AvgIpc) is 0.838. The lowest BCUT2D eigenvalue weighted by molar-refractivity contribution is -0.384. The molecule has 0 atom stereocenters. The molecule has 0 unspecified atom stereocenters. The van der Waals surface area contributed by atoms with Crippen molar-refractivity contribution in [1.82, 2.24) is 51.5 Å². The van der Waals surface area contributed by atoms with Crippen LogP contribution in [-0.4, -0.2) is 134 Å². The maximum absolute atomic E-state index is 11.5. The highest BCUT2D eigenvalue weighted by molar-refractivity contribution is 6.30. The fourth-order valence-electron chi connectivity index (χ4n) is 8.16. The highest BCUT2D eigenvalue weighted by atomic mass is 35.5. The number of halogens is 1. The first kappa shape index (κ1) is 83.2. The zero-order chi connectivity index (χ0) is 79.7. The van der Waals surface area contributed by atoms with Crippen LogP contribution < -0.4 is 73.4 Å². The Morgan fingerprint density at radius 3 is 0.815 bits per heavy atom. The molecule has 5 amide bonds. The van der Waals surface area contributed by atoms with E-state index in [0.29, 0.717) is 56.6 Å². The van der Waals surface area contributed by atoms with Gasteiger partial charge in [-0.15, -0.1) is 0 Å². The Bertz CT molecular complexity index is 4700. The van der Waals surface area contributed by atoms with Crippen LogP contribution in [0.4, 0.5) is 56.9 Å². The first-order chi connectivity index (χ1) is 51.5. The predicted molar refractivity (Wildman–Crippen MR) is 393 cm³/mol. The number of hydrogen-bond donors (Lipinski definition) is 11. The SMILES string of the molecule is CNC(=O)c1cc(Cl)ccn1.CNC(=O)c1cc(Oc2ccc(N)c([N+](=O)[O-])c2)ccn1.CNC(=O)c1cc(Oc2ccc(N)c([N+](=O)[O-])c2)ccn1.CNC(=O)c1cc(Oc2ccc(NC)c([N+](=O)[O-])c2)ccn1.CNC(=O)c1cc(Oc2ccc(NC)c([N+](=O)[O-])c2)ccn1.Nc1ccc(O)cc1[N+](=O)[O-]. The molecule has 14 N–H and O–H groups in total. The van der Waals surface area contributed by atoms with Crippen LogP contribution in [0, 0.1) is 50.6 Å². The molecular formula is C67H65ClN20O20. The van der Waals surface area contributed by atoms with Gasteiger partial charge in [0.15, 0.2) is 0 Å². The van der Waals surface area contributed by atoms with Crippen molar-refractivity contribution in [2.45, 2.75) is 0 Å². The number of nitro groups is 5. The monoisotopic (exact) mass is 1500 g/mol. The van der Waals surface area contributed by atoms with E-state index in [4.69, 9.17) is 52.9 Å². The van der Waals surface area contributed by atoms with Crippen molar-refractivity contribution >= 4 is 98.0 Å². The molecule has 108 heavy (non-hydrogen) atoms. The maximum atomic E-state index is 11.5. The van der Waals surface area contributed by atoms with Crippen LogP contribution in [0.2, 0.25) is 5.02 Å². The second-order valence-corrected chi connectivity index (χ2v) is 20.9. The number of phenols is 1. The number of aromatic hydroxyl groups is 1. The number of hydrogen-bond acceptors (Lipinski definition) is 30. The van der Waals surface area contributed by atoms with Crippen LogP contribution in [0.25, 0.3) is 0 Å². The number of amides is 5. The summed E-state index contributed by atoms with van der Waals surface area (Å²) >= 11 is 5.63. The van der Waals surface area contributed by atoms with Crippen molar-refractivity contribution in [3.05, 3.63) is 267 Å². The molecular weight excluding hydrogens is 1440 g/mol. The standard InChI is InChI=1S/2C14H14N4O4.2C13H12N4O4.C7H7ClN2O.C6H6N2O3/c2*1-15-11-4-3-9(8-13(11)18(20)21)22-10-5-6-17-12(7-10)14(19)16-2;2*1-15-13(18)11-6-9(4-5-16-11)21-8-2-3-10(14)12(7-8)17(19)20;1-9-7(11)6-4-5(8)2-3-10-6;7-5-2-1-4(9)3-6(5)8(10)11/h2*3-8,15H,1-2H3,(H,16,19);2*2-7H,14H2,1H3,(H,15,18);2-4H,1H3,(H,9,11);1-3,9H,7H2. The molecule has 0 saturated carbocycles. The Hall–Kier alpha value is -15.5. The minimum absolute atomic E-state index is 0.0489. The number of carbonyl (C=O) groups is 5. The van der Waals surface area contributed by atoms with Crippen molar-refractivity contribution in [3.8, 4) is 51.7 Å². The fraction of sp³-hybridized carbons (Fsp3) is 0.104. The number of nitrogens with one attached hydrogen (secondary N) is 7. The van der Waals surface area contributed by atoms with Gasteiger partial charge in [-0.05, 0) is 97.1 Å². The highest BCUT2D eigenvalue weighted by Gasteiger charge is 2.20. The van der Waals surface area contributed by atoms with Crippen LogP contribution >= 0.6 is 11.6 Å². The quantitative estimate of drug-likeness (QED) is 0.0146. The van der Waals surface area contributed by atoms with E-state index >= 15 is 0 Å². The Morgan fingerprint density at radius 2 is 0.565 bits per heavy atom. The van der Waals surface area contributed by atoms with Gasteiger partial charge in [0, 0.05) is 110 Å². The number of nitrogens with zero attached hydrogens (tertiary/aromatic N) is 10. The minimum Gasteiger partial charge on any atom is -0.508 e. The molecule has 5 aromatic heterocycles. The Labute approximate surface area is 615 Å². The molecule has 41 heteroatoms. The summed E-state index contributed by atoms with van der Waals surface area (Å²) in [6, 6.07) is 35.8. The van der Waals surface area contributed by atoms with Crippen LogP contribution in [0.1, 0.15) is 52.4 Å². The number of aromatic nitrogens is 5. The van der Waals surface area contributed by atoms with Gasteiger partial charge in [-0.1, -0.05) is 11.6 Å². The van der Waals surface area contributed by atoms with Gasteiger partial charge >= 0.3 is 0 Å². The van der Waals surface area contributed by atoms with E-state index in [1.165, 1.54) is 162 Å². The highest BCUT2D eigenvalue weighted by Crippen LogP contribution is 2.35. The van der Waals surface area contributed by atoms with Gasteiger partial charge in [-0.2, -0.15) is 0 Å². The zero-order valence-corrected chi connectivity index (χ0v) is 58.4. The molecule has 10 aromatic rings. The predicted octanol–water partition coefficient (Wildman–Crippen LogP) is 9.79. The van der Waals surface area contributed by atoms with E-state index in [2.05, 4.69) is 62.1 Å². The molecule has 40 nitrogen and oxygen atoms in total. The van der Waals surface area contributed by atoms with E-state index in [1.807, 2.05) is 0 Å². The third-order valence-corrected chi connectivity index (χ3v) is 13.6. The van der Waals surface area contributed by atoms with Crippen LogP contribution in [0.3, 0.4) is 0 Å². The largest absolute Gasteiger partial charge is 0.508 e. The molecule has 0 radical (unpaired) electrons. The molecule has 0 aliphatic carbocycles. The van der Waals surface area contributed by atoms with E-state index in [1.54, 1.807) is 63.6 Å². The van der Waals surface area contributed by atoms with Crippen molar-refractivity contribution in [1.29, 1.82) is 0 Å². The van der Waals surface area contributed by atoms with E-state index in [-0.39, 0.29) is 115 Å². The average molecular weight is 1510 g/mol. The first-order valence-corrected chi connectivity index (χ1v) is 30.8. The lowest BCUT2D eigenvalue weighted by Crippen LogP contribution is -2.18. The number of pyridine rings is 5. The Kier molecular flexibility index (Phi) is 31.4. The van der Waals surface area contributed by atoms with Crippen molar-refractivity contribution in [2.75, 3.05) is 77.2 Å². The molecule has 0 fully saturated rings. The van der Waals surface area contributed by atoms with Gasteiger partial charge in [-0.25, -0.2) is 0 Å². The molecule has 10 rings (SSSR count). The molecule has 5 aromatic carbocycles. The van der Waals surface area contributed by atoms with Crippen molar-refractivity contribution in [2.24, 2.45) is 0 Å². The molecule has 0 spiro atoms. The molecule has 0 saturated heterocycles. The van der Waals surface area contributed by atoms with E-state index in [9.17, 15) is 74.5 Å². The third-order valence-electron chi connectivity index (χ3n) is 13.4. The minimum atomic E-state index is -0.644. The second-order valence-electron chi connectivity index (χ2n) is 20.5. The number of anilines is 5. The fourth-order valence-corrected chi connectivity index (χ4v) is 8.32. The Balaban J connectivity index is 0.000000237. The number of nitrogen functional groups attached to an aromatic ring is 3. The molecule has 0 bridgehead atoms. The number of ether oxygens (including phenoxy) is 4. The summed E-state index contributed by atoms with van der Waals surface area (Å²) in [4.78, 5) is 127. The summed E-state index contributed by atoms with van der Waals surface area (Å²) in [6.45, 7) is 0. The van der Waals surface area contributed by atoms with Gasteiger partial charge in [0.2, 0.25) is 0 Å². The summed E-state index contributed by atoms with van der Waals surface area (Å²) in [7, 11) is 10.7. The number of nitrogens with two attached hydrogens (primary N) is 3. The van der Waals surface area contributed by atoms with Crippen LogP contribution in [0.15, 0.2) is 183 Å². The van der Waals surface area contributed by atoms with E-state index in [0.717, 1.165) is 6.07 Å². The number of carbonyl (C=O) groups excluding carboxylic acids is 5. The number of nitro benzene ring substituents is 5. The third kappa shape index (κ3) is 25.2. The lowest BCUT2D eigenvalue weighted by atomic mass is 10.2.